The largest absolute Gasteiger partial charge is 0.307 e. The monoisotopic (exact) mass is 183 g/mol. The minimum Gasteiger partial charge on any atom is -0.307 e. The van der Waals surface area contributed by atoms with Crippen molar-refractivity contribution in [1.29, 1.82) is 0 Å². The molecule has 0 aliphatic rings. The molecule has 0 atom stereocenters. The second kappa shape index (κ2) is 7.92. The van der Waals surface area contributed by atoms with Gasteiger partial charge in [-0.1, -0.05) is 0 Å². The normalized spacial score (nSPS) is 12.8. The highest BCUT2D eigenvalue weighted by atomic mass is 14.9. The molecular weight excluding hydrogens is 162 g/mol. The van der Waals surface area contributed by atoms with Crippen LogP contribution in [0.15, 0.2) is 9.98 Å². The van der Waals surface area contributed by atoms with Gasteiger partial charge in [0.1, 0.15) is 0 Å². The molecule has 0 aromatic rings. The van der Waals surface area contributed by atoms with Crippen molar-refractivity contribution >= 4 is 12.4 Å². The van der Waals surface area contributed by atoms with Gasteiger partial charge in [0.25, 0.3) is 0 Å². The summed E-state index contributed by atoms with van der Waals surface area (Å²) >= 11 is 0. The number of nitrogens with zero attached hydrogens (tertiary/aromatic N) is 2. The molecule has 76 valence electrons. The maximum atomic E-state index is 4.23. The van der Waals surface area contributed by atoms with Gasteiger partial charge in [-0.3, -0.25) is 9.98 Å². The first-order valence-corrected chi connectivity index (χ1v) is 4.87. The lowest BCUT2D eigenvalue weighted by Gasteiger charge is -1.97. The molecule has 3 heteroatoms. The molecular formula is C10H21N3. The Balaban J connectivity index is 3.26. The molecule has 0 aromatic heterocycles. The van der Waals surface area contributed by atoms with Crippen LogP contribution >= 0.6 is 0 Å². The summed E-state index contributed by atoms with van der Waals surface area (Å²) in [4.78, 5) is 8.45. The van der Waals surface area contributed by atoms with E-state index in [4.69, 9.17) is 0 Å². The molecule has 0 fully saturated rings. The first kappa shape index (κ1) is 12.3. The Morgan fingerprint density at radius 2 is 1.31 bits per heavy atom. The summed E-state index contributed by atoms with van der Waals surface area (Å²) in [6.07, 6.45) is 3.82. The topological polar surface area (TPSA) is 36.8 Å². The van der Waals surface area contributed by atoms with Gasteiger partial charge >= 0.3 is 0 Å². The van der Waals surface area contributed by atoms with Gasteiger partial charge < -0.3 is 5.32 Å². The van der Waals surface area contributed by atoms with Crippen molar-refractivity contribution in [2.75, 3.05) is 13.1 Å². The molecule has 3 nitrogen and oxygen atoms in total. The lowest BCUT2D eigenvalue weighted by Crippen LogP contribution is -2.19. The highest BCUT2D eigenvalue weighted by Gasteiger charge is 1.84. The van der Waals surface area contributed by atoms with Crippen LogP contribution in [0.25, 0.3) is 0 Å². The van der Waals surface area contributed by atoms with E-state index in [0.717, 1.165) is 13.1 Å². The number of hydrogen-bond donors (Lipinski definition) is 1. The predicted molar refractivity (Wildman–Crippen MR) is 60.1 cm³/mol. The van der Waals surface area contributed by atoms with Crippen molar-refractivity contribution < 1.29 is 0 Å². The van der Waals surface area contributed by atoms with Gasteiger partial charge in [0, 0.05) is 37.6 Å². The average Bonchev–Trinajstić information content (AvgIpc) is 2.01. The van der Waals surface area contributed by atoms with Gasteiger partial charge in [-0.2, -0.15) is 0 Å². The Hall–Kier alpha value is -0.700. The zero-order valence-corrected chi connectivity index (χ0v) is 9.12. The smallest absolute Gasteiger partial charge is 0.0439 e. The maximum absolute atomic E-state index is 4.23. The van der Waals surface area contributed by atoms with Crippen LogP contribution in [0.1, 0.15) is 27.7 Å². The van der Waals surface area contributed by atoms with E-state index in [0.29, 0.717) is 12.1 Å². The number of nitrogens with one attached hydrogen (secondary N) is 1. The van der Waals surface area contributed by atoms with Crippen LogP contribution in [-0.2, 0) is 0 Å². The van der Waals surface area contributed by atoms with Crippen molar-refractivity contribution in [2.45, 2.75) is 39.8 Å². The Morgan fingerprint density at radius 3 is 1.62 bits per heavy atom. The van der Waals surface area contributed by atoms with Crippen molar-refractivity contribution in [2.24, 2.45) is 9.98 Å². The van der Waals surface area contributed by atoms with Gasteiger partial charge in [-0.25, -0.2) is 0 Å². The fourth-order valence-corrected chi connectivity index (χ4v) is 0.739. The molecule has 0 heterocycles. The Morgan fingerprint density at radius 1 is 0.923 bits per heavy atom. The minimum atomic E-state index is 0.395. The minimum absolute atomic E-state index is 0.395. The molecule has 0 saturated carbocycles. The van der Waals surface area contributed by atoms with Crippen molar-refractivity contribution in [3.8, 4) is 0 Å². The van der Waals surface area contributed by atoms with E-state index >= 15 is 0 Å². The number of hydrogen-bond acceptors (Lipinski definition) is 3. The summed E-state index contributed by atoms with van der Waals surface area (Å²) in [7, 11) is 0. The van der Waals surface area contributed by atoms with Crippen LogP contribution in [-0.4, -0.2) is 37.6 Å². The van der Waals surface area contributed by atoms with E-state index in [1.807, 2.05) is 12.4 Å². The lowest BCUT2D eigenvalue weighted by atomic mass is 10.4. The number of aliphatic imine (C=N–C) groups is 2. The second-order valence-electron chi connectivity index (χ2n) is 3.51. The molecule has 0 saturated heterocycles. The van der Waals surface area contributed by atoms with Gasteiger partial charge in [0.05, 0.1) is 0 Å². The summed E-state index contributed by atoms with van der Waals surface area (Å²) in [6, 6.07) is 0.789. The summed E-state index contributed by atoms with van der Waals surface area (Å²) in [5, 5.41) is 3.20. The standard InChI is InChI=1S/C10H21N3/c1-9(2)12-7-5-11-6-8-13-10(3)4/h7-11H,5-6H2,1-4H3. The van der Waals surface area contributed by atoms with Gasteiger partial charge in [-0.05, 0) is 27.7 Å². The molecule has 0 aromatic carbocycles. The highest BCUT2D eigenvalue weighted by molar-refractivity contribution is 5.63. The van der Waals surface area contributed by atoms with Crippen LogP contribution in [0, 0.1) is 0 Å². The van der Waals surface area contributed by atoms with Crippen LogP contribution < -0.4 is 5.32 Å². The fraction of sp³-hybridized carbons (Fsp3) is 0.800. The summed E-state index contributed by atoms with van der Waals surface area (Å²) in [5.41, 5.74) is 0. The number of rotatable bonds is 6. The highest BCUT2D eigenvalue weighted by Crippen LogP contribution is 1.82. The van der Waals surface area contributed by atoms with Crippen molar-refractivity contribution in [3.05, 3.63) is 0 Å². The van der Waals surface area contributed by atoms with E-state index in [1.54, 1.807) is 0 Å². The molecule has 13 heavy (non-hydrogen) atoms. The van der Waals surface area contributed by atoms with E-state index in [1.165, 1.54) is 0 Å². The quantitative estimate of drug-likeness (QED) is 0.492. The van der Waals surface area contributed by atoms with Gasteiger partial charge in [0.2, 0.25) is 0 Å². The third-order valence-electron chi connectivity index (χ3n) is 1.28. The summed E-state index contributed by atoms with van der Waals surface area (Å²) in [5.74, 6) is 0. The molecule has 0 radical (unpaired) electrons. The zero-order valence-electron chi connectivity index (χ0n) is 9.12. The molecule has 0 rings (SSSR count). The van der Waals surface area contributed by atoms with Gasteiger partial charge in [-0.15, -0.1) is 0 Å². The molecule has 0 aliphatic carbocycles. The van der Waals surface area contributed by atoms with Crippen LogP contribution in [0.2, 0.25) is 0 Å². The van der Waals surface area contributed by atoms with Crippen molar-refractivity contribution in [1.82, 2.24) is 5.32 Å². The van der Waals surface area contributed by atoms with Gasteiger partial charge in [0.15, 0.2) is 0 Å². The van der Waals surface area contributed by atoms with Crippen LogP contribution in [0.3, 0.4) is 0 Å². The van der Waals surface area contributed by atoms with Crippen molar-refractivity contribution in [3.63, 3.8) is 0 Å². The fourth-order valence-electron chi connectivity index (χ4n) is 0.739. The third kappa shape index (κ3) is 11.3. The molecule has 1 N–H and O–H groups in total. The van der Waals surface area contributed by atoms with Crippen LogP contribution in [0.5, 0.6) is 0 Å². The third-order valence-corrected chi connectivity index (χ3v) is 1.28. The SMILES string of the molecule is CC(C)N=CCNCC=NC(C)C. The Labute approximate surface area is 81.4 Å². The molecule has 0 amide bonds. The summed E-state index contributed by atoms with van der Waals surface area (Å²) in [6.45, 7) is 9.91. The first-order valence-electron chi connectivity index (χ1n) is 4.87. The first-order chi connectivity index (χ1) is 6.13. The lowest BCUT2D eigenvalue weighted by molar-refractivity contribution is 0.816. The average molecular weight is 183 g/mol. The Kier molecular flexibility index (Phi) is 7.50. The van der Waals surface area contributed by atoms with E-state index < -0.39 is 0 Å². The molecule has 0 bridgehead atoms. The van der Waals surface area contributed by atoms with E-state index in [9.17, 15) is 0 Å². The van der Waals surface area contributed by atoms with Crippen LogP contribution in [0.4, 0.5) is 0 Å². The maximum Gasteiger partial charge on any atom is 0.0439 e. The van der Waals surface area contributed by atoms with E-state index in [-0.39, 0.29) is 0 Å². The zero-order chi connectivity index (χ0) is 10.1. The molecule has 0 aliphatic heterocycles. The molecule has 0 unspecified atom stereocenters. The summed E-state index contributed by atoms with van der Waals surface area (Å²) < 4.78 is 0. The second-order valence-corrected chi connectivity index (χ2v) is 3.51. The molecule has 0 spiro atoms. The predicted octanol–water partition coefficient (Wildman–Crippen LogP) is 1.53. The van der Waals surface area contributed by atoms with E-state index in [2.05, 4.69) is 43.0 Å². The Bertz CT molecular complexity index is 142.